The number of carbonyl (C=O) groups excluding carboxylic acids is 1. The number of piperidine rings is 1. The van der Waals surface area contributed by atoms with Crippen LogP contribution in [-0.2, 0) is 4.79 Å². The van der Waals surface area contributed by atoms with Crippen LogP contribution in [0.4, 0.5) is 0 Å². The van der Waals surface area contributed by atoms with Gasteiger partial charge in [0.05, 0.1) is 15.2 Å². The van der Waals surface area contributed by atoms with Crippen LogP contribution in [0.15, 0.2) is 42.5 Å². The van der Waals surface area contributed by atoms with E-state index in [0.717, 1.165) is 58.2 Å². The van der Waals surface area contributed by atoms with Gasteiger partial charge in [-0.15, -0.1) is 11.3 Å². The summed E-state index contributed by atoms with van der Waals surface area (Å²) in [6, 6.07) is 11.6. The average Bonchev–Trinajstić information content (AvgIpc) is 3.20. The van der Waals surface area contributed by atoms with Crippen molar-refractivity contribution in [2.75, 3.05) is 26.3 Å². The molecule has 5 nitrogen and oxygen atoms in total. The second kappa shape index (κ2) is 8.28. The number of hydrogen-bond acceptors (Lipinski definition) is 5. The fourth-order valence-electron chi connectivity index (χ4n) is 3.88. The molecule has 7 heteroatoms. The molecular formula is C23H21ClN2O3S. The Bertz CT molecular complexity index is 1120. The third-order valence-electron chi connectivity index (χ3n) is 5.51. The Hall–Kier alpha value is -2.57. The maximum atomic E-state index is 12.6. The van der Waals surface area contributed by atoms with Gasteiger partial charge in [-0.05, 0) is 54.8 Å². The van der Waals surface area contributed by atoms with Gasteiger partial charge in [0, 0.05) is 30.1 Å². The number of benzene rings is 2. The number of aromatic nitrogens is 1. The molecule has 5 rings (SSSR count). The van der Waals surface area contributed by atoms with Crippen LogP contribution in [0.5, 0.6) is 11.5 Å². The van der Waals surface area contributed by atoms with E-state index < -0.39 is 0 Å². The summed E-state index contributed by atoms with van der Waals surface area (Å²) in [6.07, 6.45) is 5.34. The second-order valence-corrected chi connectivity index (χ2v) is 9.00. The third kappa shape index (κ3) is 4.02. The molecule has 2 aliphatic heterocycles. The topological polar surface area (TPSA) is 51.7 Å². The van der Waals surface area contributed by atoms with Gasteiger partial charge in [-0.2, -0.15) is 0 Å². The number of hydrogen-bond donors (Lipinski definition) is 0. The lowest BCUT2D eigenvalue weighted by molar-refractivity contribution is -0.126. The third-order valence-corrected chi connectivity index (χ3v) is 6.94. The van der Waals surface area contributed by atoms with Crippen molar-refractivity contribution in [1.29, 1.82) is 0 Å². The fraction of sp³-hybridized carbons (Fsp3) is 0.304. The van der Waals surface area contributed by atoms with Crippen LogP contribution in [0, 0.1) is 0 Å². The first-order chi connectivity index (χ1) is 14.7. The Kier molecular flexibility index (Phi) is 5.35. The van der Waals surface area contributed by atoms with Crippen molar-refractivity contribution in [3.63, 3.8) is 0 Å². The van der Waals surface area contributed by atoms with Gasteiger partial charge in [-0.1, -0.05) is 17.7 Å². The lowest BCUT2D eigenvalue weighted by Gasteiger charge is -2.30. The molecule has 0 radical (unpaired) electrons. The molecule has 0 saturated carbocycles. The van der Waals surface area contributed by atoms with Crippen molar-refractivity contribution in [2.24, 2.45) is 0 Å². The van der Waals surface area contributed by atoms with Gasteiger partial charge in [-0.25, -0.2) is 4.98 Å². The first kappa shape index (κ1) is 19.4. The minimum absolute atomic E-state index is 0.0411. The highest BCUT2D eigenvalue weighted by Crippen LogP contribution is 2.35. The molecule has 0 atom stereocenters. The minimum atomic E-state index is 0.0411. The van der Waals surface area contributed by atoms with Crippen LogP contribution >= 0.6 is 22.9 Å². The summed E-state index contributed by atoms with van der Waals surface area (Å²) < 4.78 is 12.3. The van der Waals surface area contributed by atoms with Crippen molar-refractivity contribution < 1.29 is 14.3 Å². The van der Waals surface area contributed by atoms with Crippen LogP contribution in [-0.4, -0.2) is 42.1 Å². The molecule has 0 unspecified atom stereocenters. The molecule has 2 aliphatic rings. The van der Waals surface area contributed by atoms with Crippen molar-refractivity contribution in [3.8, 4) is 11.5 Å². The summed E-state index contributed by atoms with van der Waals surface area (Å²) in [5.74, 6) is 1.92. The van der Waals surface area contributed by atoms with E-state index in [9.17, 15) is 4.79 Å². The largest absolute Gasteiger partial charge is 0.486 e. The number of carbonyl (C=O) groups is 1. The molecular weight excluding hydrogens is 420 g/mol. The molecule has 0 bridgehead atoms. The molecule has 154 valence electrons. The fourth-order valence-corrected chi connectivity index (χ4v) is 5.16. The van der Waals surface area contributed by atoms with Gasteiger partial charge in [0.15, 0.2) is 11.5 Å². The number of ether oxygens (including phenoxy) is 2. The first-order valence-corrected chi connectivity index (χ1v) is 11.3. The molecule has 1 amide bonds. The monoisotopic (exact) mass is 440 g/mol. The number of likely N-dealkylation sites (tertiary alicyclic amines) is 1. The van der Waals surface area contributed by atoms with Crippen LogP contribution in [0.1, 0.15) is 29.3 Å². The lowest BCUT2D eigenvalue weighted by atomic mass is 9.97. The number of rotatable bonds is 3. The molecule has 3 heterocycles. The van der Waals surface area contributed by atoms with Gasteiger partial charge in [0.25, 0.3) is 0 Å². The predicted octanol–water partition coefficient (Wildman–Crippen LogP) is 5.14. The van der Waals surface area contributed by atoms with Crippen molar-refractivity contribution in [2.45, 2.75) is 18.8 Å². The summed E-state index contributed by atoms with van der Waals surface area (Å²) in [7, 11) is 0. The maximum Gasteiger partial charge on any atom is 0.246 e. The van der Waals surface area contributed by atoms with Crippen molar-refractivity contribution in [1.82, 2.24) is 9.88 Å². The van der Waals surface area contributed by atoms with Gasteiger partial charge >= 0.3 is 0 Å². The highest BCUT2D eigenvalue weighted by atomic mass is 35.5. The van der Waals surface area contributed by atoms with E-state index >= 15 is 0 Å². The summed E-state index contributed by atoms with van der Waals surface area (Å²) >= 11 is 7.81. The number of fused-ring (bicyclic) bond motifs is 2. The SMILES string of the molecule is O=C(C=Cc1ccc2c(c1)OCCO2)N1CCC(c2nc3cc(Cl)ccc3s2)CC1. The molecule has 1 aromatic heterocycles. The number of thiazole rings is 1. The normalized spacial score (nSPS) is 17.0. The number of halogens is 1. The summed E-state index contributed by atoms with van der Waals surface area (Å²) in [6.45, 7) is 2.61. The smallest absolute Gasteiger partial charge is 0.246 e. The molecule has 0 spiro atoms. The molecule has 1 saturated heterocycles. The Morgan fingerprint density at radius 3 is 2.73 bits per heavy atom. The number of nitrogens with zero attached hydrogens (tertiary/aromatic N) is 2. The van der Waals surface area contributed by atoms with E-state index in [4.69, 9.17) is 26.1 Å². The molecule has 2 aromatic carbocycles. The molecule has 0 aliphatic carbocycles. The van der Waals surface area contributed by atoms with E-state index in [0.29, 0.717) is 24.2 Å². The second-order valence-electron chi connectivity index (χ2n) is 7.50. The van der Waals surface area contributed by atoms with Gasteiger partial charge in [-0.3, -0.25) is 4.79 Å². The zero-order chi connectivity index (χ0) is 20.5. The van der Waals surface area contributed by atoms with Gasteiger partial charge in [0.1, 0.15) is 13.2 Å². The summed E-state index contributed by atoms with van der Waals surface area (Å²) in [4.78, 5) is 19.3. The Morgan fingerprint density at radius 1 is 1.10 bits per heavy atom. The van der Waals surface area contributed by atoms with Crippen molar-refractivity contribution in [3.05, 3.63) is 58.1 Å². The van der Waals surface area contributed by atoms with E-state index in [1.54, 1.807) is 17.4 Å². The van der Waals surface area contributed by atoms with Crippen molar-refractivity contribution >= 4 is 45.1 Å². The van der Waals surface area contributed by atoms with E-state index in [-0.39, 0.29) is 5.91 Å². The van der Waals surface area contributed by atoms with Gasteiger partial charge < -0.3 is 14.4 Å². The lowest BCUT2D eigenvalue weighted by Crippen LogP contribution is -2.36. The van der Waals surface area contributed by atoms with Gasteiger partial charge in [0.2, 0.25) is 5.91 Å². The van der Waals surface area contributed by atoms with E-state index in [1.807, 2.05) is 47.4 Å². The standard InChI is InChI=1S/C23H21ClN2O3S/c24-17-3-5-21-18(14-17)25-23(30-21)16-7-9-26(10-8-16)22(27)6-2-15-1-4-19-20(13-15)29-12-11-28-19/h1-6,13-14,16H,7-12H2. The van der Waals surface area contributed by atoms with E-state index in [2.05, 4.69) is 0 Å². The molecule has 1 fully saturated rings. The summed E-state index contributed by atoms with van der Waals surface area (Å²) in [5.41, 5.74) is 1.89. The van der Waals surface area contributed by atoms with Crippen LogP contribution < -0.4 is 9.47 Å². The summed E-state index contributed by atoms with van der Waals surface area (Å²) in [5, 5.41) is 1.86. The first-order valence-electron chi connectivity index (χ1n) is 10.1. The van der Waals surface area contributed by atoms with E-state index in [1.165, 1.54) is 0 Å². The van der Waals surface area contributed by atoms with Crippen LogP contribution in [0.3, 0.4) is 0 Å². The Balaban J connectivity index is 1.20. The average molecular weight is 441 g/mol. The molecule has 3 aromatic rings. The molecule has 30 heavy (non-hydrogen) atoms. The Labute approximate surface area is 183 Å². The minimum Gasteiger partial charge on any atom is -0.486 e. The zero-order valence-electron chi connectivity index (χ0n) is 16.3. The molecule has 0 N–H and O–H groups in total. The Morgan fingerprint density at radius 2 is 1.90 bits per heavy atom. The zero-order valence-corrected chi connectivity index (χ0v) is 17.9. The van der Waals surface area contributed by atoms with Crippen LogP contribution in [0.25, 0.3) is 16.3 Å². The predicted molar refractivity (Wildman–Crippen MR) is 120 cm³/mol. The van der Waals surface area contributed by atoms with Crippen LogP contribution in [0.2, 0.25) is 5.02 Å². The number of amides is 1. The maximum absolute atomic E-state index is 12.6. The quantitative estimate of drug-likeness (QED) is 0.529. The highest BCUT2D eigenvalue weighted by Gasteiger charge is 2.25. The highest BCUT2D eigenvalue weighted by molar-refractivity contribution is 7.18.